The minimum Gasteiger partial charge on any atom is -0.497 e. The number of benzene rings is 2. The molecule has 2 aromatic rings. The van der Waals surface area contributed by atoms with E-state index in [1.54, 1.807) is 14.2 Å². The van der Waals surface area contributed by atoms with Crippen LogP contribution in [0.4, 0.5) is 0 Å². The monoisotopic (exact) mass is 400 g/mol. The molecule has 0 spiro atoms. The molecule has 0 saturated carbocycles. The van der Waals surface area contributed by atoms with Gasteiger partial charge in [-0.2, -0.15) is 0 Å². The fourth-order valence-corrected chi connectivity index (χ4v) is 2.18. The molecule has 0 heterocycles. The van der Waals surface area contributed by atoms with Gasteiger partial charge in [0.15, 0.2) is 0 Å². The van der Waals surface area contributed by atoms with Crippen molar-refractivity contribution in [1.82, 2.24) is 0 Å². The maximum atomic E-state index is 4.96. The summed E-state index contributed by atoms with van der Waals surface area (Å²) in [5, 5.41) is 0. The summed E-state index contributed by atoms with van der Waals surface area (Å²) in [6.45, 7) is 22.2. The summed E-state index contributed by atoms with van der Waals surface area (Å²) in [4.78, 5) is 0. The van der Waals surface area contributed by atoms with Crippen LogP contribution in [-0.2, 0) is 10.8 Å². The highest BCUT2D eigenvalue weighted by Crippen LogP contribution is 2.26. The zero-order chi connectivity index (χ0) is 22.9. The average Bonchev–Trinajstić information content (AvgIpc) is 2.59. The number of rotatable bonds is 2. The topological polar surface area (TPSA) is 18.5 Å². The third kappa shape index (κ3) is 13.0. The lowest BCUT2D eigenvalue weighted by atomic mass is 9.82. The Morgan fingerprint density at radius 3 is 0.793 bits per heavy atom. The lowest BCUT2D eigenvalue weighted by molar-refractivity contribution is 0.403. The van der Waals surface area contributed by atoms with Gasteiger partial charge in [0.1, 0.15) is 11.5 Å². The summed E-state index contributed by atoms with van der Waals surface area (Å²) >= 11 is 0. The summed E-state index contributed by atoms with van der Waals surface area (Å²) in [7, 11) is 3.28. The molecule has 29 heavy (non-hydrogen) atoms. The lowest BCUT2D eigenvalue weighted by Gasteiger charge is -2.23. The molecule has 0 aliphatic rings. The predicted molar refractivity (Wildman–Crippen MR) is 129 cm³/mol. The molecule has 2 nitrogen and oxygen atoms in total. The van der Waals surface area contributed by atoms with Crippen molar-refractivity contribution in [2.75, 3.05) is 14.2 Å². The van der Waals surface area contributed by atoms with E-state index < -0.39 is 0 Å². The van der Waals surface area contributed by atoms with Gasteiger partial charge in [-0.25, -0.2) is 0 Å². The van der Waals surface area contributed by atoms with Crippen LogP contribution in [0.5, 0.6) is 11.5 Å². The Labute approximate surface area is 180 Å². The van der Waals surface area contributed by atoms with Gasteiger partial charge in [-0.3, -0.25) is 0 Å². The van der Waals surface area contributed by atoms with Gasteiger partial charge < -0.3 is 9.47 Å². The maximum Gasteiger partial charge on any atom is 0.119 e. The first-order valence-corrected chi connectivity index (χ1v) is 10.4. The molecule has 0 atom stereocenters. The normalized spacial score (nSPS) is 11.4. The van der Waals surface area contributed by atoms with Gasteiger partial charge in [0.2, 0.25) is 0 Å². The standard InChI is InChI=1S/C14H22.C8H10O2.C5H12/c1-13(2,3)11-7-9-12(10-8-11)14(4,5)6;1-9-7-3-5-8(10-2)6-4-7;1-5(2,3)4/h7-10H,1-6H3;3-6H,1-2H3;1-4H3. The van der Waals surface area contributed by atoms with Crippen LogP contribution in [0.25, 0.3) is 0 Å². The van der Waals surface area contributed by atoms with E-state index in [4.69, 9.17) is 9.47 Å². The molecule has 2 aromatic carbocycles. The van der Waals surface area contributed by atoms with Gasteiger partial charge in [-0.15, -0.1) is 0 Å². The average molecular weight is 401 g/mol. The van der Waals surface area contributed by atoms with Crippen molar-refractivity contribution in [3.8, 4) is 11.5 Å². The third-order valence-corrected chi connectivity index (χ3v) is 3.91. The Hall–Kier alpha value is -1.96. The smallest absolute Gasteiger partial charge is 0.119 e. The van der Waals surface area contributed by atoms with Crippen molar-refractivity contribution < 1.29 is 9.47 Å². The molecule has 0 amide bonds. The molecule has 2 rings (SSSR count). The molecule has 0 aliphatic carbocycles. The Morgan fingerprint density at radius 2 is 0.655 bits per heavy atom. The summed E-state index contributed by atoms with van der Waals surface area (Å²) in [6.07, 6.45) is 0. The van der Waals surface area contributed by atoms with Crippen LogP contribution in [0, 0.1) is 5.41 Å². The first kappa shape index (κ1) is 27.0. The van der Waals surface area contributed by atoms with E-state index in [1.807, 2.05) is 24.3 Å². The highest BCUT2D eigenvalue weighted by Gasteiger charge is 2.16. The van der Waals surface area contributed by atoms with Crippen LogP contribution in [0.3, 0.4) is 0 Å². The highest BCUT2D eigenvalue weighted by molar-refractivity contribution is 5.31. The van der Waals surface area contributed by atoms with Crippen LogP contribution >= 0.6 is 0 Å². The summed E-state index contributed by atoms with van der Waals surface area (Å²) in [6, 6.07) is 16.4. The van der Waals surface area contributed by atoms with Crippen molar-refractivity contribution in [3.05, 3.63) is 59.7 Å². The molecule has 0 bridgehead atoms. The molecule has 2 heteroatoms. The third-order valence-electron chi connectivity index (χ3n) is 3.91. The molecule has 0 N–H and O–H groups in total. The largest absolute Gasteiger partial charge is 0.497 e. The van der Waals surface area contributed by atoms with E-state index in [1.165, 1.54) is 11.1 Å². The number of ether oxygens (including phenoxy) is 2. The fraction of sp³-hybridized carbons (Fsp3) is 0.556. The summed E-state index contributed by atoms with van der Waals surface area (Å²) in [5.74, 6) is 1.70. The van der Waals surface area contributed by atoms with Crippen LogP contribution in [0.15, 0.2) is 48.5 Å². The van der Waals surface area contributed by atoms with E-state index in [9.17, 15) is 0 Å². The van der Waals surface area contributed by atoms with Crippen molar-refractivity contribution in [2.45, 2.75) is 80.1 Å². The van der Waals surface area contributed by atoms with E-state index in [0.29, 0.717) is 5.41 Å². The van der Waals surface area contributed by atoms with Crippen LogP contribution in [-0.4, -0.2) is 14.2 Å². The SMILES string of the molecule is CC(C)(C)C.CC(C)(C)c1ccc(C(C)(C)C)cc1.COc1ccc(OC)cc1. The van der Waals surface area contributed by atoms with E-state index in [-0.39, 0.29) is 10.8 Å². The van der Waals surface area contributed by atoms with Gasteiger partial charge in [0.05, 0.1) is 14.2 Å². The maximum absolute atomic E-state index is 4.96. The van der Waals surface area contributed by atoms with E-state index in [2.05, 4.69) is 93.5 Å². The van der Waals surface area contributed by atoms with E-state index >= 15 is 0 Å². The van der Waals surface area contributed by atoms with Crippen LogP contribution in [0.2, 0.25) is 0 Å². The molecule has 0 fully saturated rings. The Balaban J connectivity index is 0.000000455. The molecule has 0 unspecified atom stereocenters. The van der Waals surface area contributed by atoms with Gasteiger partial charge in [-0.05, 0) is 51.6 Å². The van der Waals surface area contributed by atoms with Crippen LogP contribution in [0.1, 0.15) is 80.4 Å². The van der Waals surface area contributed by atoms with Gasteiger partial charge in [-0.1, -0.05) is 93.5 Å². The van der Waals surface area contributed by atoms with Gasteiger partial charge >= 0.3 is 0 Å². The van der Waals surface area contributed by atoms with Crippen molar-refractivity contribution in [2.24, 2.45) is 5.41 Å². The predicted octanol–water partition coefficient (Wildman–Crippen LogP) is 8.04. The zero-order valence-corrected chi connectivity index (χ0v) is 20.9. The fourth-order valence-electron chi connectivity index (χ4n) is 2.18. The first-order valence-electron chi connectivity index (χ1n) is 10.4. The molecular weight excluding hydrogens is 356 g/mol. The van der Waals surface area contributed by atoms with E-state index in [0.717, 1.165) is 11.5 Å². The van der Waals surface area contributed by atoms with Gasteiger partial charge in [0.25, 0.3) is 0 Å². The molecular formula is C27H44O2. The minimum absolute atomic E-state index is 0.260. The second-order valence-electron chi connectivity index (χ2n) is 11.0. The second kappa shape index (κ2) is 11.3. The zero-order valence-electron chi connectivity index (χ0n) is 20.9. The van der Waals surface area contributed by atoms with Crippen molar-refractivity contribution in [1.29, 1.82) is 0 Å². The number of methoxy groups -OCH3 is 2. The first-order chi connectivity index (χ1) is 13.1. The number of hydrogen-bond acceptors (Lipinski definition) is 2. The molecule has 0 saturated heterocycles. The quantitative estimate of drug-likeness (QED) is 0.508. The molecule has 0 aromatic heterocycles. The van der Waals surface area contributed by atoms with Crippen LogP contribution < -0.4 is 9.47 Å². The molecule has 0 aliphatic heterocycles. The van der Waals surface area contributed by atoms with Crippen molar-refractivity contribution >= 4 is 0 Å². The summed E-state index contributed by atoms with van der Waals surface area (Å²) < 4.78 is 9.92. The van der Waals surface area contributed by atoms with Crippen molar-refractivity contribution in [3.63, 3.8) is 0 Å². The Bertz CT molecular complexity index is 614. The lowest BCUT2D eigenvalue weighted by Crippen LogP contribution is -2.14. The highest BCUT2D eigenvalue weighted by atomic mass is 16.5. The second-order valence-corrected chi connectivity index (χ2v) is 11.0. The Kier molecular flexibility index (Phi) is 10.5. The number of hydrogen-bond donors (Lipinski definition) is 0. The molecule has 0 radical (unpaired) electrons. The Morgan fingerprint density at radius 1 is 0.448 bits per heavy atom. The molecule has 164 valence electrons. The minimum atomic E-state index is 0.260. The summed E-state index contributed by atoms with van der Waals surface area (Å²) in [5.41, 5.74) is 3.84. The van der Waals surface area contributed by atoms with Gasteiger partial charge in [0, 0.05) is 0 Å².